The fourth-order valence-corrected chi connectivity index (χ4v) is 1.20. The SMILES string of the molecule is COc1ccc(OCC(=O)OCCN(C)C)cc1.[Cl-]. The third kappa shape index (κ3) is 7.54. The van der Waals surface area contributed by atoms with E-state index in [1.165, 1.54) is 0 Å². The lowest BCUT2D eigenvalue weighted by atomic mass is 10.3. The Bertz CT molecular complexity index is 367. The average molecular weight is 289 g/mol. The zero-order valence-corrected chi connectivity index (χ0v) is 12.1. The van der Waals surface area contributed by atoms with Crippen LogP contribution in [0.25, 0.3) is 0 Å². The molecule has 0 amide bonds. The van der Waals surface area contributed by atoms with Gasteiger partial charge in [-0.1, -0.05) is 0 Å². The highest BCUT2D eigenvalue weighted by Crippen LogP contribution is 2.16. The summed E-state index contributed by atoms with van der Waals surface area (Å²) in [5.74, 6) is 0.990. The Hall–Kier alpha value is -1.46. The number of benzene rings is 1. The molecule has 6 heteroatoms. The van der Waals surface area contributed by atoms with E-state index in [0.29, 0.717) is 18.9 Å². The van der Waals surface area contributed by atoms with E-state index in [-0.39, 0.29) is 25.0 Å². The first-order valence-corrected chi connectivity index (χ1v) is 5.69. The van der Waals surface area contributed by atoms with Crippen LogP contribution in [0.15, 0.2) is 24.3 Å². The quantitative estimate of drug-likeness (QED) is 0.553. The summed E-state index contributed by atoms with van der Waals surface area (Å²) in [7, 11) is 5.43. The topological polar surface area (TPSA) is 48.0 Å². The summed E-state index contributed by atoms with van der Waals surface area (Å²) in [4.78, 5) is 13.3. The summed E-state index contributed by atoms with van der Waals surface area (Å²) in [5.41, 5.74) is 0. The first kappa shape index (κ1) is 17.5. The molecule has 0 aliphatic heterocycles. The van der Waals surface area contributed by atoms with Gasteiger partial charge in [0, 0.05) is 6.54 Å². The number of methoxy groups -OCH3 is 1. The van der Waals surface area contributed by atoms with Crippen LogP contribution in [0.3, 0.4) is 0 Å². The summed E-state index contributed by atoms with van der Waals surface area (Å²) in [6.45, 7) is 0.992. The molecule has 1 rings (SSSR count). The van der Waals surface area contributed by atoms with Crippen LogP contribution in [-0.4, -0.2) is 51.8 Å². The fraction of sp³-hybridized carbons (Fsp3) is 0.462. The second-order valence-corrected chi connectivity index (χ2v) is 3.99. The van der Waals surface area contributed by atoms with Crippen LogP contribution in [0.1, 0.15) is 0 Å². The van der Waals surface area contributed by atoms with Crippen molar-refractivity contribution in [3.63, 3.8) is 0 Å². The summed E-state index contributed by atoms with van der Waals surface area (Å²) in [6, 6.07) is 7.03. The van der Waals surface area contributed by atoms with Crippen LogP contribution in [0.5, 0.6) is 11.5 Å². The molecular weight excluding hydrogens is 270 g/mol. The highest BCUT2D eigenvalue weighted by Gasteiger charge is 2.04. The van der Waals surface area contributed by atoms with Gasteiger partial charge in [0.05, 0.1) is 7.11 Å². The third-order valence-corrected chi connectivity index (χ3v) is 2.22. The lowest BCUT2D eigenvalue weighted by Crippen LogP contribution is -3.00. The van der Waals surface area contributed by atoms with E-state index < -0.39 is 0 Å². The van der Waals surface area contributed by atoms with Gasteiger partial charge in [0.1, 0.15) is 18.1 Å². The third-order valence-electron chi connectivity index (χ3n) is 2.22. The molecule has 0 radical (unpaired) electrons. The van der Waals surface area contributed by atoms with Crippen LogP contribution in [0, 0.1) is 0 Å². The molecule has 0 spiro atoms. The van der Waals surface area contributed by atoms with Crippen molar-refractivity contribution in [3.05, 3.63) is 24.3 Å². The van der Waals surface area contributed by atoms with E-state index in [4.69, 9.17) is 14.2 Å². The maximum Gasteiger partial charge on any atom is 0.344 e. The zero-order valence-electron chi connectivity index (χ0n) is 11.4. The molecule has 0 unspecified atom stereocenters. The fourth-order valence-electron chi connectivity index (χ4n) is 1.20. The molecule has 0 fully saturated rings. The number of likely N-dealkylation sites (N-methyl/N-ethyl adjacent to an activating group) is 1. The van der Waals surface area contributed by atoms with Crippen molar-refractivity contribution in [2.75, 3.05) is 41.0 Å². The number of ether oxygens (including phenoxy) is 3. The molecule has 19 heavy (non-hydrogen) atoms. The number of rotatable bonds is 7. The molecule has 0 aliphatic carbocycles. The molecule has 1 aromatic rings. The molecular formula is C13H19ClNO4-. The molecule has 0 aliphatic rings. The zero-order chi connectivity index (χ0) is 13.4. The lowest BCUT2D eigenvalue weighted by Gasteiger charge is -2.10. The predicted octanol–water partition coefficient (Wildman–Crippen LogP) is -1.82. The van der Waals surface area contributed by atoms with Crippen LogP contribution in [0.4, 0.5) is 0 Å². The van der Waals surface area contributed by atoms with Crippen molar-refractivity contribution in [2.45, 2.75) is 0 Å². The van der Waals surface area contributed by atoms with Crippen molar-refractivity contribution < 1.29 is 31.4 Å². The summed E-state index contributed by atoms with van der Waals surface area (Å²) in [5, 5.41) is 0. The number of halogens is 1. The Morgan fingerprint density at radius 1 is 1.16 bits per heavy atom. The van der Waals surface area contributed by atoms with Gasteiger partial charge in [-0.3, -0.25) is 0 Å². The number of hydrogen-bond donors (Lipinski definition) is 0. The molecule has 5 nitrogen and oxygen atoms in total. The molecule has 1 aromatic carbocycles. The number of carbonyl (C=O) groups excluding carboxylic acids is 1. The molecule has 0 N–H and O–H groups in total. The van der Waals surface area contributed by atoms with E-state index in [1.807, 2.05) is 19.0 Å². The van der Waals surface area contributed by atoms with E-state index in [1.54, 1.807) is 31.4 Å². The van der Waals surface area contributed by atoms with E-state index in [0.717, 1.165) is 5.75 Å². The number of hydrogen-bond acceptors (Lipinski definition) is 5. The predicted molar refractivity (Wildman–Crippen MR) is 68.0 cm³/mol. The van der Waals surface area contributed by atoms with Crippen molar-refractivity contribution >= 4 is 5.97 Å². The average Bonchev–Trinajstić information content (AvgIpc) is 2.36. The highest BCUT2D eigenvalue weighted by molar-refractivity contribution is 5.71. The van der Waals surface area contributed by atoms with Gasteiger partial charge in [-0.05, 0) is 38.4 Å². The summed E-state index contributed by atoms with van der Waals surface area (Å²) < 4.78 is 15.3. The first-order chi connectivity index (χ1) is 8.61. The molecule has 108 valence electrons. The van der Waals surface area contributed by atoms with Crippen LogP contribution < -0.4 is 21.9 Å². The van der Waals surface area contributed by atoms with Crippen molar-refractivity contribution in [1.29, 1.82) is 0 Å². The van der Waals surface area contributed by atoms with Gasteiger partial charge in [0.25, 0.3) is 0 Å². The van der Waals surface area contributed by atoms with E-state index in [9.17, 15) is 4.79 Å². The minimum Gasteiger partial charge on any atom is -1.00 e. The van der Waals surface area contributed by atoms with Gasteiger partial charge in [0.15, 0.2) is 6.61 Å². The number of nitrogens with zero attached hydrogens (tertiary/aromatic N) is 1. The van der Waals surface area contributed by atoms with Crippen molar-refractivity contribution in [2.24, 2.45) is 0 Å². The standard InChI is InChI=1S/C13H19NO4.ClH/c1-14(2)8-9-17-13(15)10-18-12-6-4-11(16-3)5-7-12;/h4-7H,8-10H2,1-3H3;1H/p-1. The van der Waals surface area contributed by atoms with Crippen molar-refractivity contribution in [1.82, 2.24) is 4.90 Å². The summed E-state index contributed by atoms with van der Waals surface area (Å²) >= 11 is 0. The monoisotopic (exact) mass is 288 g/mol. The Labute approximate surface area is 119 Å². The number of esters is 1. The highest BCUT2D eigenvalue weighted by atomic mass is 35.5. The van der Waals surface area contributed by atoms with Crippen LogP contribution in [-0.2, 0) is 9.53 Å². The Morgan fingerprint density at radius 2 is 1.74 bits per heavy atom. The second-order valence-electron chi connectivity index (χ2n) is 3.99. The molecule has 0 saturated carbocycles. The lowest BCUT2D eigenvalue weighted by molar-refractivity contribution is -0.146. The second kappa shape index (κ2) is 9.47. The molecule has 0 aromatic heterocycles. The molecule has 0 atom stereocenters. The summed E-state index contributed by atoms with van der Waals surface area (Å²) in [6.07, 6.45) is 0. The molecule has 0 saturated heterocycles. The van der Waals surface area contributed by atoms with Gasteiger partial charge in [-0.2, -0.15) is 0 Å². The Morgan fingerprint density at radius 3 is 2.26 bits per heavy atom. The van der Waals surface area contributed by atoms with Gasteiger partial charge < -0.3 is 31.5 Å². The van der Waals surface area contributed by atoms with Crippen molar-refractivity contribution in [3.8, 4) is 11.5 Å². The van der Waals surface area contributed by atoms with Gasteiger partial charge in [0.2, 0.25) is 0 Å². The normalized spacial score (nSPS) is 9.68. The minimum atomic E-state index is -0.368. The molecule has 0 bridgehead atoms. The number of carbonyl (C=O) groups is 1. The maximum atomic E-state index is 11.3. The van der Waals surface area contributed by atoms with Crippen LogP contribution in [0.2, 0.25) is 0 Å². The van der Waals surface area contributed by atoms with E-state index in [2.05, 4.69) is 0 Å². The first-order valence-electron chi connectivity index (χ1n) is 5.69. The van der Waals surface area contributed by atoms with Crippen LogP contribution >= 0.6 is 0 Å². The minimum absolute atomic E-state index is 0. The van der Waals surface area contributed by atoms with Gasteiger partial charge in [-0.15, -0.1) is 0 Å². The maximum absolute atomic E-state index is 11.3. The van der Waals surface area contributed by atoms with E-state index >= 15 is 0 Å². The largest absolute Gasteiger partial charge is 1.00 e. The smallest absolute Gasteiger partial charge is 0.344 e. The van der Waals surface area contributed by atoms with Gasteiger partial charge in [-0.25, -0.2) is 4.79 Å². The Kier molecular flexibility index (Phi) is 8.74. The Balaban J connectivity index is 0.00000324. The molecule has 0 heterocycles. The van der Waals surface area contributed by atoms with Gasteiger partial charge >= 0.3 is 5.97 Å².